The van der Waals surface area contributed by atoms with Gasteiger partial charge in [-0.15, -0.1) is 0 Å². The fourth-order valence-corrected chi connectivity index (χ4v) is 10.2. The SMILES string of the molecule is CC1(C)C(NC(=O)c2ccc(N3CCN(CC4Cc5cc6c(cc5C4)C(=O)N([C@@H]4CCC(=O)NC4=O)C6=O)CC3)cc2)C(C)(C)C1Oc1ccc(C#N)c(Cl)c1. The van der Waals surface area contributed by atoms with Crippen molar-refractivity contribution in [2.24, 2.45) is 16.7 Å². The third kappa shape index (κ3) is 6.50. The lowest BCUT2D eigenvalue weighted by Gasteiger charge is -2.63. The van der Waals surface area contributed by atoms with Gasteiger partial charge in [-0.25, -0.2) is 0 Å². The third-order valence-corrected chi connectivity index (χ3v) is 12.9. The molecule has 2 N–H and O–H groups in total. The normalized spacial score (nSPS) is 24.2. The van der Waals surface area contributed by atoms with Crippen LogP contribution in [0.4, 0.5) is 5.69 Å². The number of carbonyl (C=O) groups is 5. The number of carbonyl (C=O) groups excluding carboxylic acids is 5. The van der Waals surface area contributed by atoms with E-state index in [1.54, 1.807) is 18.2 Å². The summed E-state index contributed by atoms with van der Waals surface area (Å²) < 4.78 is 6.37. The summed E-state index contributed by atoms with van der Waals surface area (Å²) in [5.41, 5.74) is 4.19. The van der Waals surface area contributed by atoms with Crippen molar-refractivity contribution in [3.05, 3.63) is 93.0 Å². The van der Waals surface area contributed by atoms with Gasteiger partial charge in [0.1, 0.15) is 24.0 Å². The third-order valence-electron chi connectivity index (χ3n) is 12.6. The summed E-state index contributed by atoms with van der Waals surface area (Å²) in [6.07, 6.45) is 1.69. The molecular formula is C43H45ClN6O6. The van der Waals surface area contributed by atoms with Gasteiger partial charge >= 0.3 is 0 Å². The minimum atomic E-state index is -0.963. The van der Waals surface area contributed by atoms with E-state index in [1.165, 1.54) is 0 Å². The largest absolute Gasteiger partial charge is 0.489 e. The summed E-state index contributed by atoms with van der Waals surface area (Å²) in [6.45, 7) is 12.8. The van der Waals surface area contributed by atoms with Crippen molar-refractivity contribution in [1.82, 2.24) is 20.4 Å². The smallest absolute Gasteiger partial charge is 0.262 e. The molecule has 3 aromatic rings. The van der Waals surface area contributed by atoms with E-state index in [9.17, 15) is 29.2 Å². The van der Waals surface area contributed by atoms with Crippen LogP contribution in [-0.4, -0.2) is 90.2 Å². The van der Waals surface area contributed by atoms with Gasteiger partial charge in [-0.1, -0.05) is 39.3 Å². The number of amides is 5. The van der Waals surface area contributed by atoms with E-state index in [2.05, 4.69) is 54.2 Å². The fourth-order valence-electron chi connectivity index (χ4n) is 10.00. The highest BCUT2D eigenvalue weighted by Gasteiger charge is 2.64. The first-order chi connectivity index (χ1) is 26.6. The van der Waals surface area contributed by atoms with Crippen molar-refractivity contribution in [2.45, 2.75) is 71.6 Å². The predicted octanol–water partition coefficient (Wildman–Crippen LogP) is 4.76. The number of hydrogen-bond acceptors (Lipinski definition) is 9. The van der Waals surface area contributed by atoms with Gasteiger partial charge in [0.2, 0.25) is 11.8 Å². The van der Waals surface area contributed by atoms with Crippen molar-refractivity contribution in [3.8, 4) is 11.8 Å². The van der Waals surface area contributed by atoms with Crippen molar-refractivity contribution < 1.29 is 28.7 Å². The van der Waals surface area contributed by atoms with Crippen LogP contribution in [0.2, 0.25) is 5.02 Å². The van der Waals surface area contributed by atoms with E-state index in [0.29, 0.717) is 38.9 Å². The standard InChI is InChI=1S/C43H45ClN6O6/c1-42(2)40(43(3,4)41(42)56-30-10-7-26(22-45)33(44)21-30)47-36(52)25-5-8-29(9-6-25)49-15-13-48(14-16-49)23-24-17-27-19-31-32(20-28(27)18-24)39(55)50(38(31)54)34-11-12-35(51)46-37(34)53/h5-10,19-21,24,34,40-41H,11-18,23H2,1-4H3,(H,47,52)(H,46,51,53)/t34-,40?,41?/m1/s1. The Bertz CT molecular complexity index is 2140. The van der Waals surface area contributed by atoms with Crippen molar-refractivity contribution in [1.29, 1.82) is 5.26 Å². The molecule has 5 amide bonds. The second-order valence-corrected chi connectivity index (χ2v) is 17.4. The number of nitriles is 1. The lowest BCUT2D eigenvalue weighted by atomic mass is 9.49. The molecule has 0 unspecified atom stereocenters. The summed E-state index contributed by atoms with van der Waals surface area (Å²) in [5, 5.41) is 15.1. The van der Waals surface area contributed by atoms with Crippen LogP contribution in [0.1, 0.15) is 88.3 Å². The molecule has 1 atom stereocenters. The molecule has 3 fully saturated rings. The molecule has 0 bridgehead atoms. The number of rotatable bonds is 8. The molecule has 13 heteroatoms. The lowest BCUT2D eigenvalue weighted by molar-refractivity contribution is -0.164. The Morgan fingerprint density at radius 1 is 0.911 bits per heavy atom. The van der Waals surface area contributed by atoms with Gasteiger partial charge in [-0.2, -0.15) is 5.26 Å². The van der Waals surface area contributed by atoms with Crippen LogP contribution in [0, 0.1) is 28.1 Å². The highest BCUT2D eigenvalue weighted by molar-refractivity contribution is 6.31. The summed E-state index contributed by atoms with van der Waals surface area (Å²) >= 11 is 6.24. The van der Waals surface area contributed by atoms with Crippen molar-refractivity contribution >= 4 is 46.8 Å². The molecule has 56 heavy (non-hydrogen) atoms. The van der Waals surface area contributed by atoms with Crippen LogP contribution in [0.3, 0.4) is 0 Å². The zero-order valence-electron chi connectivity index (χ0n) is 32.0. The zero-order valence-corrected chi connectivity index (χ0v) is 32.7. The summed E-state index contributed by atoms with van der Waals surface area (Å²) in [5.74, 6) is -1.09. The lowest BCUT2D eigenvalue weighted by Crippen LogP contribution is -2.74. The molecule has 290 valence electrons. The Kier molecular flexibility index (Phi) is 9.45. The molecule has 8 rings (SSSR count). The van der Waals surface area contributed by atoms with E-state index >= 15 is 0 Å². The minimum absolute atomic E-state index is 0.0957. The Balaban J connectivity index is 0.822. The molecular weight excluding hydrogens is 732 g/mol. The Hall–Kier alpha value is -5.25. The van der Waals surface area contributed by atoms with Gasteiger partial charge in [0.25, 0.3) is 17.7 Å². The quantitative estimate of drug-likeness (QED) is 0.309. The zero-order chi connectivity index (χ0) is 39.7. The topological polar surface area (TPSA) is 152 Å². The van der Waals surface area contributed by atoms with E-state index in [4.69, 9.17) is 16.3 Å². The van der Waals surface area contributed by atoms with Gasteiger partial charge in [0.15, 0.2) is 0 Å². The summed E-state index contributed by atoms with van der Waals surface area (Å²) in [6, 6.07) is 17.5. The van der Waals surface area contributed by atoms with Gasteiger partial charge < -0.3 is 15.0 Å². The highest BCUT2D eigenvalue weighted by Crippen LogP contribution is 2.55. The minimum Gasteiger partial charge on any atom is -0.489 e. The van der Waals surface area contributed by atoms with Crippen LogP contribution in [0.15, 0.2) is 54.6 Å². The number of nitrogens with one attached hydrogen (secondary N) is 2. The number of piperazine rings is 1. The van der Waals surface area contributed by atoms with Gasteiger partial charge in [-0.3, -0.25) is 39.1 Å². The monoisotopic (exact) mass is 776 g/mol. The number of fused-ring (bicyclic) bond motifs is 2. The van der Waals surface area contributed by atoms with E-state index in [0.717, 1.165) is 67.3 Å². The second kappa shape index (κ2) is 14.0. The maximum Gasteiger partial charge on any atom is 0.262 e. The number of anilines is 1. The molecule has 3 aliphatic heterocycles. The number of imide groups is 2. The molecule has 12 nitrogen and oxygen atoms in total. The summed E-state index contributed by atoms with van der Waals surface area (Å²) in [7, 11) is 0. The number of piperidine rings is 1. The number of benzene rings is 3. The maximum absolute atomic E-state index is 13.5. The first kappa shape index (κ1) is 37.7. The molecule has 0 spiro atoms. The van der Waals surface area contributed by atoms with Crippen LogP contribution in [0.5, 0.6) is 5.75 Å². The highest BCUT2D eigenvalue weighted by atomic mass is 35.5. The van der Waals surface area contributed by atoms with Crippen molar-refractivity contribution in [3.63, 3.8) is 0 Å². The van der Waals surface area contributed by atoms with Crippen LogP contribution in [-0.2, 0) is 22.4 Å². The number of hydrogen-bond donors (Lipinski definition) is 2. The van der Waals surface area contributed by atoms with Gasteiger partial charge in [0.05, 0.1) is 21.7 Å². The molecule has 0 radical (unpaired) electrons. The molecule has 5 aliphatic rings. The fraction of sp³-hybridized carbons (Fsp3) is 0.442. The van der Waals surface area contributed by atoms with Crippen LogP contribution >= 0.6 is 11.6 Å². The molecule has 3 heterocycles. The van der Waals surface area contributed by atoms with Crippen molar-refractivity contribution in [2.75, 3.05) is 37.6 Å². The Morgan fingerprint density at radius 3 is 2.11 bits per heavy atom. The molecule has 0 aromatic heterocycles. The van der Waals surface area contributed by atoms with Crippen LogP contribution in [0.25, 0.3) is 0 Å². The van der Waals surface area contributed by atoms with E-state index < -0.39 is 23.8 Å². The number of nitrogens with zero attached hydrogens (tertiary/aromatic N) is 4. The molecule has 1 saturated carbocycles. The Morgan fingerprint density at radius 2 is 1.54 bits per heavy atom. The molecule has 2 aliphatic carbocycles. The summed E-state index contributed by atoms with van der Waals surface area (Å²) in [4.78, 5) is 70.0. The first-order valence-corrected chi connectivity index (χ1v) is 19.7. The van der Waals surface area contributed by atoms with Gasteiger partial charge in [-0.05, 0) is 84.8 Å². The molecule has 2 saturated heterocycles. The number of halogens is 1. The predicted molar refractivity (Wildman–Crippen MR) is 209 cm³/mol. The average Bonchev–Trinajstić information content (AvgIpc) is 3.67. The maximum atomic E-state index is 13.5. The number of ether oxygens (including phenoxy) is 1. The Labute approximate surface area is 331 Å². The first-order valence-electron chi connectivity index (χ1n) is 19.3. The van der Waals surface area contributed by atoms with E-state index in [1.807, 2.05) is 36.4 Å². The van der Waals surface area contributed by atoms with Gasteiger partial charge in [0, 0.05) is 73.3 Å². The van der Waals surface area contributed by atoms with Crippen LogP contribution < -0.4 is 20.3 Å². The average molecular weight is 777 g/mol. The second-order valence-electron chi connectivity index (χ2n) is 17.0. The van der Waals surface area contributed by atoms with E-state index in [-0.39, 0.29) is 47.6 Å². The molecule has 3 aromatic carbocycles.